The molecule has 3 atom stereocenters. The number of fused-ring (bicyclic) bond motifs is 1. The predicted octanol–water partition coefficient (Wildman–Crippen LogP) is 2.17. The van der Waals surface area contributed by atoms with E-state index in [1.165, 1.54) is 0 Å². The van der Waals surface area contributed by atoms with E-state index < -0.39 is 0 Å². The van der Waals surface area contributed by atoms with Crippen molar-refractivity contribution in [3.8, 4) is 0 Å². The van der Waals surface area contributed by atoms with Gasteiger partial charge in [0.15, 0.2) is 0 Å². The van der Waals surface area contributed by atoms with Gasteiger partial charge in [-0.15, -0.1) is 11.3 Å². The van der Waals surface area contributed by atoms with Crippen LogP contribution in [0.4, 0.5) is 0 Å². The number of carbonyl (C=O) groups is 1. The second-order valence-electron chi connectivity index (χ2n) is 5.13. The summed E-state index contributed by atoms with van der Waals surface area (Å²) in [6.45, 7) is 1.27. The minimum atomic E-state index is 0.0350. The average molecular weight is 293 g/mol. The number of amides is 1. The first-order valence-corrected chi connectivity index (χ1v) is 7.84. The Bertz CT molecular complexity index is 485. The van der Waals surface area contributed by atoms with E-state index in [1.54, 1.807) is 24.5 Å². The maximum Gasteiger partial charge on any atom is 0.247 e. The average Bonchev–Trinajstić information content (AvgIpc) is 3.13. The molecule has 3 rings (SSSR count). The highest BCUT2D eigenvalue weighted by atomic mass is 32.1. The van der Waals surface area contributed by atoms with E-state index >= 15 is 0 Å². The molecule has 0 bridgehead atoms. The van der Waals surface area contributed by atoms with E-state index in [0.29, 0.717) is 13.2 Å². The van der Waals surface area contributed by atoms with Gasteiger partial charge >= 0.3 is 0 Å². The Balaban J connectivity index is 1.68. The van der Waals surface area contributed by atoms with Crippen LogP contribution in [0.15, 0.2) is 23.6 Å². The summed E-state index contributed by atoms with van der Waals surface area (Å²) in [5.41, 5.74) is 0. The third-order valence-corrected chi connectivity index (χ3v) is 4.89. The highest BCUT2D eigenvalue weighted by Crippen LogP contribution is 2.32. The summed E-state index contributed by atoms with van der Waals surface area (Å²) in [6, 6.07) is 4.15. The number of morpholine rings is 1. The third-order valence-electron chi connectivity index (χ3n) is 4.05. The highest BCUT2D eigenvalue weighted by Gasteiger charge is 2.44. The van der Waals surface area contributed by atoms with E-state index in [1.807, 2.05) is 28.5 Å². The van der Waals surface area contributed by atoms with Crippen LogP contribution >= 0.6 is 11.3 Å². The lowest BCUT2D eigenvalue weighted by Gasteiger charge is -2.38. The third kappa shape index (κ3) is 2.66. The van der Waals surface area contributed by atoms with Crippen molar-refractivity contribution in [2.45, 2.75) is 31.1 Å². The zero-order chi connectivity index (χ0) is 13.9. The molecular formula is C15H19NO3S. The van der Waals surface area contributed by atoms with Gasteiger partial charge in [0.1, 0.15) is 6.10 Å². The predicted molar refractivity (Wildman–Crippen MR) is 78.6 cm³/mol. The van der Waals surface area contributed by atoms with E-state index in [-0.39, 0.29) is 24.2 Å². The first kappa shape index (κ1) is 13.8. The summed E-state index contributed by atoms with van der Waals surface area (Å²) in [5.74, 6) is 0.0773. The fraction of sp³-hybridized carbons (Fsp3) is 0.533. The van der Waals surface area contributed by atoms with Crippen LogP contribution in [0.3, 0.4) is 0 Å². The number of ether oxygens (including phenoxy) is 2. The highest BCUT2D eigenvalue weighted by molar-refractivity contribution is 7.10. The van der Waals surface area contributed by atoms with Crippen molar-refractivity contribution in [3.63, 3.8) is 0 Å². The van der Waals surface area contributed by atoms with E-state index in [4.69, 9.17) is 9.47 Å². The lowest BCUT2D eigenvalue weighted by atomic mass is 10.1. The summed E-state index contributed by atoms with van der Waals surface area (Å²) < 4.78 is 11.2. The number of methoxy groups -OCH3 is 1. The quantitative estimate of drug-likeness (QED) is 0.802. The number of rotatable bonds is 3. The summed E-state index contributed by atoms with van der Waals surface area (Å²) in [5, 5.41) is 2.01. The summed E-state index contributed by atoms with van der Waals surface area (Å²) in [6.07, 6.45) is 5.64. The Kier molecular flexibility index (Phi) is 4.19. The molecule has 1 aromatic rings. The van der Waals surface area contributed by atoms with Gasteiger partial charge in [-0.3, -0.25) is 4.79 Å². The van der Waals surface area contributed by atoms with Gasteiger partial charge in [0.25, 0.3) is 0 Å². The van der Waals surface area contributed by atoms with Crippen molar-refractivity contribution < 1.29 is 14.3 Å². The maximum absolute atomic E-state index is 12.4. The standard InChI is InChI=1S/C15H19NO3S/c1-18-13-6-5-12-15(13)19-9-8-16(12)14(17)7-4-11-3-2-10-20-11/h2-4,7,10,12-13,15H,5-6,8-9H2,1H3/b7-4+/t12-,13+,15-/m1/s1. The molecule has 0 aromatic carbocycles. The van der Waals surface area contributed by atoms with E-state index in [9.17, 15) is 4.79 Å². The van der Waals surface area contributed by atoms with Crippen molar-refractivity contribution >= 4 is 23.3 Å². The molecule has 0 radical (unpaired) electrons. The molecule has 0 N–H and O–H groups in total. The van der Waals surface area contributed by atoms with Crippen LogP contribution < -0.4 is 0 Å². The molecule has 2 fully saturated rings. The molecule has 20 heavy (non-hydrogen) atoms. The lowest BCUT2D eigenvalue weighted by Crippen LogP contribution is -2.53. The number of carbonyl (C=O) groups excluding carboxylic acids is 1. The molecule has 0 unspecified atom stereocenters. The van der Waals surface area contributed by atoms with Crippen molar-refractivity contribution in [2.75, 3.05) is 20.3 Å². The summed E-state index contributed by atoms with van der Waals surface area (Å²) in [7, 11) is 1.72. The molecule has 4 nitrogen and oxygen atoms in total. The van der Waals surface area contributed by atoms with Gasteiger partial charge in [-0.05, 0) is 30.4 Å². The normalized spacial score (nSPS) is 29.9. The van der Waals surface area contributed by atoms with Crippen LogP contribution in [0.2, 0.25) is 0 Å². The number of thiophene rings is 1. The zero-order valence-corrected chi connectivity index (χ0v) is 12.3. The molecular weight excluding hydrogens is 274 g/mol. The van der Waals surface area contributed by atoms with Crippen LogP contribution in [-0.4, -0.2) is 49.3 Å². The smallest absolute Gasteiger partial charge is 0.247 e. The number of hydrogen-bond donors (Lipinski definition) is 0. The van der Waals surface area contributed by atoms with Crippen molar-refractivity contribution in [3.05, 3.63) is 28.5 Å². The Morgan fingerprint density at radius 1 is 1.55 bits per heavy atom. The first-order chi connectivity index (χ1) is 9.79. The van der Waals surface area contributed by atoms with Gasteiger partial charge < -0.3 is 14.4 Å². The molecule has 108 valence electrons. The van der Waals surface area contributed by atoms with Crippen LogP contribution in [0.25, 0.3) is 6.08 Å². The Morgan fingerprint density at radius 3 is 3.20 bits per heavy atom. The molecule has 2 heterocycles. The molecule has 5 heteroatoms. The van der Waals surface area contributed by atoms with Gasteiger partial charge in [0.05, 0.1) is 18.8 Å². The van der Waals surface area contributed by atoms with Gasteiger partial charge in [-0.25, -0.2) is 0 Å². The Labute approximate surface area is 123 Å². The molecule has 2 aliphatic rings. The SMILES string of the molecule is CO[C@H]1CC[C@@H]2[C@H]1OCCN2C(=O)/C=C/c1cccs1. The maximum atomic E-state index is 12.4. The second kappa shape index (κ2) is 6.08. The molecule has 1 saturated carbocycles. The fourth-order valence-corrected chi connectivity index (χ4v) is 3.69. The molecule has 0 spiro atoms. The topological polar surface area (TPSA) is 38.8 Å². The lowest BCUT2D eigenvalue weighted by molar-refractivity contribution is -0.145. The number of hydrogen-bond acceptors (Lipinski definition) is 4. The van der Waals surface area contributed by atoms with Crippen LogP contribution in [0.1, 0.15) is 17.7 Å². The van der Waals surface area contributed by atoms with Crippen molar-refractivity contribution in [1.82, 2.24) is 4.90 Å². The molecule has 1 saturated heterocycles. The largest absolute Gasteiger partial charge is 0.379 e. The molecule has 1 aliphatic heterocycles. The zero-order valence-electron chi connectivity index (χ0n) is 11.5. The Hall–Kier alpha value is -1.17. The fourth-order valence-electron chi connectivity index (χ4n) is 3.08. The minimum absolute atomic E-state index is 0.0350. The molecule has 1 aromatic heterocycles. The number of nitrogens with zero attached hydrogens (tertiary/aromatic N) is 1. The van der Waals surface area contributed by atoms with Crippen LogP contribution in [0, 0.1) is 0 Å². The molecule has 1 aliphatic carbocycles. The minimum Gasteiger partial charge on any atom is -0.379 e. The van der Waals surface area contributed by atoms with Gasteiger partial charge in [0, 0.05) is 24.6 Å². The van der Waals surface area contributed by atoms with E-state index in [2.05, 4.69) is 0 Å². The van der Waals surface area contributed by atoms with E-state index in [0.717, 1.165) is 17.7 Å². The van der Waals surface area contributed by atoms with Gasteiger partial charge in [0.2, 0.25) is 5.91 Å². The van der Waals surface area contributed by atoms with Crippen LogP contribution in [-0.2, 0) is 14.3 Å². The van der Waals surface area contributed by atoms with Gasteiger partial charge in [-0.2, -0.15) is 0 Å². The molecule has 1 amide bonds. The Morgan fingerprint density at radius 2 is 2.45 bits per heavy atom. The van der Waals surface area contributed by atoms with Crippen molar-refractivity contribution in [2.24, 2.45) is 0 Å². The summed E-state index contributed by atoms with van der Waals surface area (Å²) in [4.78, 5) is 15.4. The first-order valence-electron chi connectivity index (χ1n) is 6.96. The van der Waals surface area contributed by atoms with Crippen LogP contribution in [0.5, 0.6) is 0 Å². The van der Waals surface area contributed by atoms with Gasteiger partial charge in [-0.1, -0.05) is 6.07 Å². The second-order valence-corrected chi connectivity index (χ2v) is 6.11. The van der Waals surface area contributed by atoms with Crippen molar-refractivity contribution in [1.29, 1.82) is 0 Å². The monoisotopic (exact) mass is 293 g/mol. The summed E-state index contributed by atoms with van der Waals surface area (Å²) >= 11 is 1.63.